The first-order valence-corrected chi connectivity index (χ1v) is 6.53. The lowest BCUT2D eigenvalue weighted by molar-refractivity contribution is 0.123. The second kappa shape index (κ2) is 8.98. The highest BCUT2D eigenvalue weighted by molar-refractivity contribution is 6.35. The van der Waals surface area contributed by atoms with Gasteiger partial charge in [-0.15, -0.1) is 0 Å². The molecule has 0 aliphatic heterocycles. The fourth-order valence-electron chi connectivity index (χ4n) is 1.29. The van der Waals surface area contributed by atoms with Crippen molar-refractivity contribution in [3.63, 3.8) is 0 Å². The summed E-state index contributed by atoms with van der Waals surface area (Å²) in [4.78, 5) is 11.1. The van der Waals surface area contributed by atoms with Crippen molar-refractivity contribution in [2.75, 3.05) is 26.3 Å². The summed E-state index contributed by atoms with van der Waals surface area (Å²) >= 11 is 11.8. The van der Waals surface area contributed by atoms with E-state index in [1.807, 2.05) is 0 Å². The lowest BCUT2D eigenvalue weighted by atomic mass is 10.2. The molecule has 0 bridgehead atoms. The summed E-state index contributed by atoms with van der Waals surface area (Å²) in [5, 5.41) is 14.7. The van der Waals surface area contributed by atoms with Crippen LogP contribution in [0.15, 0.2) is 18.2 Å². The molecular weight excluding hydrogens is 291 g/mol. The molecule has 1 aromatic carbocycles. The maximum Gasteiger partial charge on any atom is 0.314 e. The Hall–Kier alpha value is -1.01. The molecule has 5 nitrogen and oxygen atoms in total. The molecule has 0 spiro atoms. The number of carbonyl (C=O) groups is 1. The molecule has 0 atom stereocenters. The molecule has 0 unspecified atom stereocenters. The number of aliphatic hydroxyl groups excluding tert-OH is 1. The van der Waals surface area contributed by atoms with Crippen LogP contribution in [0.25, 0.3) is 0 Å². The second-order valence-electron chi connectivity index (χ2n) is 3.69. The number of urea groups is 1. The lowest BCUT2D eigenvalue weighted by Crippen LogP contribution is -2.38. The van der Waals surface area contributed by atoms with Crippen molar-refractivity contribution in [3.8, 4) is 0 Å². The first-order chi connectivity index (χ1) is 9.13. The number of halogens is 2. The third-order valence-corrected chi connectivity index (χ3v) is 2.79. The molecule has 0 aliphatic rings. The summed E-state index contributed by atoms with van der Waals surface area (Å²) in [6.45, 7) is 1.25. The first-order valence-electron chi connectivity index (χ1n) is 5.77. The van der Waals surface area contributed by atoms with Crippen molar-refractivity contribution >= 4 is 29.2 Å². The van der Waals surface area contributed by atoms with Crippen molar-refractivity contribution in [2.24, 2.45) is 0 Å². The van der Waals surface area contributed by atoms with Crippen LogP contribution in [0.5, 0.6) is 0 Å². The van der Waals surface area contributed by atoms with Gasteiger partial charge in [0.05, 0.1) is 19.8 Å². The molecule has 106 valence electrons. The smallest absolute Gasteiger partial charge is 0.314 e. The van der Waals surface area contributed by atoms with E-state index in [9.17, 15) is 4.79 Å². The van der Waals surface area contributed by atoms with E-state index in [0.29, 0.717) is 29.8 Å². The van der Waals surface area contributed by atoms with Gasteiger partial charge in [-0.05, 0) is 17.7 Å². The van der Waals surface area contributed by atoms with E-state index in [1.165, 1.54) is 0 Å². The zero-order chi connectivity index (χ0) is 14.1. The Balaban J connectivity index is 2.15. The summed E-state index contributed by atoms with van der Waals surface area (Å²) in [5.41, 5.74) is 0.843. The molecule has 3 N–H and O–H groups in total. The Kier molecular flexibility index (Phi) is 7.59. The number of rotatable bonds is 7. The number of hydrogen-bond donors (Lipinski definition) is 3. The van der Waals surface area contributed by atoms with Crippen molar-refractivity contribution in [2.45, 2.75) is 6.61 Å². The molecule has 1 aromatic rings. The van der Waals surface area contributed by atoms with Crippen LogP contribution in [-0.4, -0.2) is 37.4 Å². The largest absolute Gasteiger partial charge is 0.395 e. The first kappa shape index (κ1) is 16.0. The summed E-state index contributed by atoms with van der Waals surface area (Å²) in [5.74, 6) is 0. The standard InChI is InChI=1S/C12H16Cl2N2O3/c13-10-2-1-9(11(14)7-10)8-19-6-4-16-12(18)15-3-5-17/h1-2,7,17H,3-6,8H2,(H2,15,16,18). The number of amides is 2. The van der Waals surface area contributed by atoms with Crippen molar-refractivity contribution < 1.29 is 14.6 Å². The van der Waals surface area contributed by atoms with Gasteiger partial charge in [0, 0.05) is 23.1 Å². The van der Waals surface area contributed by atoms with E-state index in [-0.39, 0.29) is 19.2 Å². The molecule has 0 aliphatic carbocycles. The number of benzene rings is 1. The molecule has 0 heterocycles. The van der Waals surface area contributed by atoms with Crippen molar-refractivity contribution in [3.05, 3.63) is 33.8 Å². The molecule has 0 radical (unpaired) electrons. The summed E-state index contributed by atoms with van der Waals surface area (Å²) in [7, 11) is 0. The molecular formula is C12H16Cl2N2O3. The minimum Gasteiger partial charge on any atom is -0.395 e. The predicted molar refractivity (Wildman–Crippen MR) is 74.6 cm³/mol. The Morgan fingerprint density at radius 1 is 1.26 bits per heavy atom. The number of ether oxygens (including phenoxy) is 1. The Bertz CT molecular complexity index is 416. The Labute approximate surface area is 121 Å². The Morgan fingerprint density at radius 3 is 2.68 bits per heavy atom. The molecule has 7 heteroatoms. The summed E-state index contributed by atoms with van der Waals surface area (Å²) < 4.78 is 5.38. The average molecular weight is 307 g/mol. The number of aliphatic hydroxyl groups is 1. The van der Waals surface area contributed by atoms with E-state index in [1.54, 1.807) is 18.2 Å². The van der Waals surface area contributed by atoms with Gasteiger partial charge in [-0.25, -0.2) is 4.79 Å². The van der Waals surface area contributed by atoms with Crippen LogP contribution >= 0.6 is 23.2 Å². The number of carbonyl (C=O) groups excluding carboxylic acids is 1. The highest BCUT2D eigenvalue weighted by Crippen LogP contribution is 2.21. The van der Waals surface area contributed by atoms with Crippen LogP contribution < -0.4 is 10.6 Å². The number of nitrogens with one attached hydrogen (secondary N) is 2. The molecule has 0 saturated carbocycles. The van der Waals surface area contributed by atoms with E-state index in [4.69, 9.17) is 33.0 Å². The van der Waals surface area contributed by atoms with Crippen LogP contribution in [0.2, 0.25) is 10.0 Å². The zero-order valence-corrected chi connectivity index (χ0v) is 11.8. The summed E-state index contributed by atoms with van der Waals surface area (Å²) in [6, 6.07) is 4.86. The SMILES string of the molecule is O=C(NCCO)NCCOCc1ccc(Cl)cc1Cl. The lowest BCUT2D eigenvalue weighted by Gasteiger charge is -2.08. The highest BCUT2D eigenvalue weighted by Gasteiger charge is 2.02. The topological polar surface area (TPSA) is 70.6 Å². The van der Waals surface area contributed by atoms with Gasteiger partial charge in [0.25, 0.3) is 0 Å². The molecule has 19 heavy (non-hydrogen) atoms. The molecule has 0 fully saturated rings. The maximum absolute atomic E-state index is 11.1. The minimum absolute atomic E-state index is 0.0843. The van der Waals surface area contributed by atoms with Gasteiger partial charge in [0.1, 0.15) is 0 Å². The average Bonchev–Trinajstić information content (AvgIpc) is 2.38. The Morgan fingerprint density at radius 2 is 2.00 bits per heavy atom. The van der Waals surface area contributed by atoms with E-state index >= 15 is 0 Å². The van der Waals surface area contributed by atoms with Crippen LogP contribution in [0.4, 0.5) is 4.79 Å². The molecule has 2 amide bonds. The van der Waals surface area contributed by atoms with Gasteiger partial charge in [-0.2, -0.15) is 0 Å². The zero-order valence-electron chi connectivity index (χ0n) is 10.3. The van der Waals surface area contributed by atoms with Crippen LogP contribution in [0.3, 0.4) is 0 Å². The molecule has 0 aromatic heterocycles. The van der Waals surface area contributed by atoms with Gasteiger partial charge >= 0.3 is 6.03 Å². The fourth-order valence-corrected chi connectivity index (χ4v) is 1.75. The van der Waals surface area contributed by atoms with Crippen LogP contribution in [0, 0.1) is 0 Å². The van der Waals surface area contributed by atoms with Crippen LogP contribution in [-0.2, 0) is 11.3 Å². The number of hydrogen-bond acceptors (Lipinski definition) is 3. The fraction of sp³-hybridized carbons (Fsp3) is 0.417. The highest BCUT2D eigenvalue weighted by atomic mass is 35.5. The van der Waals surface area contributed by atoms with Crippen molar-refractivity contribution in [1.82, 2.24) is 10.6 Å². The minimum atomic E-state index is -0.331. The van der Waals surface area contributed by atoms with Gasteiger partial charge in [-0.3, -0.25) is 0 Å². The van der Waals surface area contributed by atoms with Gasteiger partial charge < -0.3 is 20.5 Å². The van der Waals surface area contributed by atoms with Crippen LogP contribution in [0.1, 0.15) is 5.56 Å². The van der Waals surface area contributed by atoms with E-state index in [2.05, 4.69) is 10.6 Å². The van der Waals surface area contributed by atoms with Crippen molar-refractivity contribution in [1.29, 1.82) is 0 Å². The predicted octanol–water partition coefficient (Wildman–Crippen LogP) is 1.80. The third kappa shape index (κ3) is 6.63. The van der Waals surface area contributed by atoms with E-state index < -0.39 is 0 Å². The monoisotopic (exact) mass is 306 g/mol. The van der Waals surface area contributed by atoms with E-state index in [0.717, 1.165) is 5.56 Å². The van der Waals surface area contributed by atoms with Gasteiger partial charge in [-0.1, -0.05) is 29.3 Å². The molecule has 1 rings (SSSR count). The second-order valence-corrected chi connectivity index (χ2v) is 4.54. The van der Waals surface area contributed by atoms with Gasteiger partial charge in [0.15, 0.2) is 0 Å². The molecule has 0 saturated heterocycles. The quantitative estimate of drug-likeness (QED) is 0.673. The van der Waals surface area contributed by atoms with Gasteiger partial charge in [0.2, 0.25) is 0 Å². The normalized spacial score (nSPS) is 10.3. The third-order valence-electron chi connectivity index (χ3n) is 2.20. The maximum atomic E-state index is 11.1. The summed E-state index contributed by atoms with van der Waals surface area (Å²) in [6.07, 6.45) is 0.